The lowest BCUT2D eigenvalue weighted by atomic mass is 9.93. The summed E-state index contributed by atoms with van der Waals surface area (Å²) in [6.07, 6.45) is 1.65. The highest BCUT2D eigenvalue weighted by Crippen LogP contribution is 2.19. The number of benzene rings is 1. The van der Waals surface area contributed by atoms with Gasteiger partial charge in [-0.2, -0.15) is 0 Å². The maximum absolute atomic E-state index is 12.1. The number of ether oxygens (including phenoxy) is 1. The molecule has 0 aromatic heterocycles. The Morgan fingerprint density at radius 1 is 1.24 bits per heavy atom. The summed E-state index contributed by atoms with van der Waals surface area (Å²) in [6.45, 7) is 5.35. The molecule has 1 rings (SSSR count). The topological polar surface area (TPSA) is 43.4 Å². The molecule has 0 aliphatic carbocycles. The zero-order valence-corrected chi connectivity index (χ0v) is 10.5. The Morgan fingerprint density at radius 3 is 2.41 bits per heavy atom. The molecule has 0 heterocycles. The third-order valence-corrected chi connectivity index (χ3v) is 2.74. The monoisotopic (exact) mass is 234 g/mol. The zero-order chi connectivity index (χ0) is 12.8. The van der Waals surface area contributed by atoms with Crippen LogP contribution >= 0.6 is 0 Å². The molecule has 0 N–H and O–H groups in total. The van der Waals surface area contributed by atoms with Gasteiger partial charge in [0.1, 0.15) is 5.75 Å². The van der Waals surface area contributed by atoms with Gasteiger partial charge in [0.25, 0.3) is 0 Å². The van der Waals surface area contributed by atoms with Crippen LogP contribution in [0, 0.1) is 5.92 Å². The second-order valence-corrected chi connectivity index (χ2v) is 4.00. The highest BCUT2D eigenvalue weighted by molar-refractivity contribution is 5.98. The SMILES string of the molecule is CCC(CC)C(=O)c1cccc(OC(C)=O)c1. The number of carbonyl (C=O) groups is 2. The van der Waals surface area contributed by atoms with E-state index in [0.717, 1.165) is 12.8 Å². The first kappa shape index (κ1) is 13.4. The van der Waals surface area contributed by atoms with Crippen LogP contribution in [-0.2, 0) is 4.79 Å². The Bertz CT molecular complexity index is 406. The van der Waals surface area contributed by atoms with E-state index in [4.69, 9.17) is 4.74 Å². The van der Waals surface area contributed by atoms with Crippen LogP contribution in [0.5, 0.6) is 5.75 Å². The summed E-state index contributed by atoms with van der Waals surface area (Å²) in [4.78, 5) is 22.9. The fourth-order valence-corrected chi connectivity index (χ4v) is 1.77. The lowest BCUT2D eigenvalue weighted by Gasteiger charge is -2.11. The van der Waals surface area contributed by atoms with Gasteiger partial charge in [-0.25, -0.2) is 0 Å². The van der Waals surface area contributed by atoms with Crippen molar-refractivity contribution in [2.45, 2.75) is 33.6 Å². The summed E-state index contributed by atoms with van der Waals surface area (Å²) in [5.41, 5.74) is 0.609. The van der Waals surface area contributed by atoms with Crippen LogP contribution in [0.1, 0.15) is 44.0 Å². The van der Waals surface area contributed by atoms with Crippen LogP contribution in [0.4, 0.5) is 0 Å². The van der Waals surface area contributed by atoms with Crippen LogP contribution in [0.15, 0.2) is 24.3 Å². The quantitative estimate of drug-likeness (QED) is 0.446. The van der Waals surface area contributed by atoms with E-state index in [1.54, 1.807) is 24.3 Å². The predicted octanol–water partition coefficient (Wildman–Crippen LogP) is 3.23. The first-order valence-electron chi connectivity index (χ1n) is 5.91. The molecular weight excluding hydrogens is 216 g/mol. The van der Waals surface area contributed by atoms with E-state index >= 15 is 0 Å². The Morgan fingerprint density at radius 2 is 1.88 bits per heavy atom. The summed E-state index contributed by atoms with van der Waals surface area (Å²) in [5.74, 6) is 0.206. The van der Waals surface area contributed by atoms with Gasteiger partial charge in [-0.1, -0.05) is 26.0 Å². The van der Waals surface area contributed by atoms with E-state index in [2.05, 4.69) is 0 Å². The van der Waals surface area contributed by atoms with Crippen molar-refractivity contribution in [2.75, 3.05) is 0 Å². The minimum atomic E-state index is -0.378. The molecule has 0 aliphatic rings. The molecule has 0 saturated carbocycles. The van der Waals surface area contributed by atoms with Gasteiger partial charge in [0.15, 0.2) is 5.78 Å². The smallest absolute Gasteiger partial charge is 0.308 e. The molecular formula is C14H18O3. The predicted molar refractivity (Wildman–Crippen MR) is 66.2 cm³/mol. The molecule has 3 nitrogen and oxygen atoms in total. The highest BCUT2D eigenvalue weighted by Gasteiger charge is 2.16. The van der Waals surface area contributed by atoms with Crippen LogP contribution in [0.3, 0.4) is 0 Å². The second-order valence-electron chi connectivity index (χ2n) is 4.00. The number of hydrogen-bond donors (Lipinski definition) is 0. The average molecular weight is 234 g/mol. The molecule has 0 atom stereocenters. The van der Waals surface area contributed by atoms with E-state index in [1.807, 2.05) is 13.8 Å². The van der Waals surface area contributed by atoms with Gasteiger partial charge in [0.2, 0.25) is 0 Å². The van der Waals surface area contributed by atoms with Crippen molar-refractivity contribution in [1.29, 1.82) is 0 Å². The lowest BCUT2D eigenvalue weighted by Crippen LogP contribution is -2.13. The maximum Gasteiger partial charge on any atom is 0.308 e. The molecule has 1 aromatic rings. The number of Topliss-reactive ketones (excluding diaryl/α,β-unsaturated/α-hetero) is 1. The van der Waals surface area contributed by atoms with Gasteiger partial charge in [-0.05, 0) is 25.0 Å². The normalized spacial score (nSPS) is 10.4. The largest absolute Gasteiger partial charge is 0.427 e. The third kappa shape index (κ3) is 3.70. The molecule has 92 valence electrons. The van der Waals surface area contributed by atoms with Gasteiger partial charge in [0, 0.05) is 18.4 Å². The second kappa shape index (κ2) is 6.18. The van der Waals surface area contributed by atoms with E-state index < -0.39 is 0 Å². The Labute approximate surface area is 102 Å². The van der Waals surface area contributed by atoms with Gasteiger partial charge in [-0.3, -0.25) is 9.59 Å². The maximum atomic E-state index is 12.1. The first-order chi connectivity index (χ1) is 8.08. The van der Waals surface area contributed by atoms with E-state index in [9.17, 15) is 9.59 Å². The molecule has 0 spiro atoms. The Kier molecular flexibility index (Phi) is 4.88. The summed E-state index contributed by atoms with van der Waals surface area (Å²) >= 11 is 0. The fourth-order valence-electron chi connectivity index (χ4n) is 1.77. The van der Waals surface area contributed by atoms with E-state index in [1.165, 1.54) is 6.92 Å². The number of ketones is 1. The molecule has 0 fully saturated rings. The van der Waals surface area contributed by atoms with Crippen LogP contribution in [0.2, 0.25) is 0 Å². The van der Waals surface area contributed by atoms with Crippen molar-refractivity contribution in [3.8, 4) is 5.75 Å². The molecule has 0 aliphatic heterocycles. The minimum Gasteiger partial charge on any atom is -0.427 e. The summed E-state index contributed by atoms with van der Waals surface area (Å²) in [6, 6.07) is 6.79. The molecule has 3 heteroatoms. The Balaban J connectivity index is 2.90. The van der Waals surface area contributed by atoms with Gasteiger partial charge < -0.3 is 4.74 Å². The average Bonchev–Trinajstić information content (AvgIpc) is 2.30. The van der Waals surface area contributed by atoms with Crippen LogP contribution in [-0.4, -0.2) is 11.8 Å². The van der Waals surface area contributed by atoms with Crippen LogP contribution in [0.25, 0.3) is 0 Å². The molecule has 0 amide bonds. The van der Waals surface area contributed by atoms with Crippen LogP contribution < -0.4 is 4.74 Å². The standard InChI is InChI=1S/C14H18O3/c1-4-11(5-2)14(16)12-7-6-8-13(9-12)17-10(3)15/h6-9,11H,4-5H2,1-3H3. The van der Waals surface area contributed by atoms with Gasteiger partial charge in [-0.15, -0.1) is 0 Å². The lowest BCUT2D eigenvalue weighted by molar-refractivity contribution is -0.131. The molecule has 1 aromatic carbocycles. The molecule has 0 bridgehead atoms. The molecule has 0 radical (unpaired) electrons. The van der Waals surface area contributed by atoms with Gasteiger partial charge in [0.05, 0.1) is 0 Å². The minimum absolute atomic E-state index is 0.0441. The number of esters is 1. The van der Waals surface area contributed by atoms with E-state index in [-0.39, 0.29) is 17.7 Å². The number of rotatable bonds is 5. The number of carbonyl (C=O) groups excluding carboxylic acids is 2. The summed E-state index contributed by atoms with van der Waals surface area (Å²) in [5, 5.41) is 0. The van der Waals surface area contributed by atoms with Crippen molar-refractivity contribution in [3.63, 3.8) is 0 Å². The van der Waals surface area contributed by atoms with Crippen molar-refractivity contribution < 1.29 is 14.3 Å². The van der Waals surface area contributed by atoms with E-state index in [0.29, 0.717) is 11.3 Å². The molecule has 0 unspecified atom stereocenters. The summed E-state index contributed by atoms with van der Waals surface area (Å²) in [7, 11) is 0. The first-order valence-corrected chi connectivity index (χ1v) is 5.91. The van der Waals surface area contributed by atoms with Gasteiger partial charge >= 0.3 is 5.97 Å². The highest BCUT2D eigenvalue weighted by atomic mass is 16.5. The van der Waals surface area contributed by atoms with Crippen molar-refractivity contribution in [3.05, 3.63) is 29.8 Å². The Hall–Kier alpha value is -1.64. The fraction of sp³-hybridized carbons (Fsp3) is 0.429. The third-order valence-electron chi connectivity index (χ3n) is 2.74. The van der Waals surface area contributed by atoms with Crippen molar-refractivity contribution in [2.24, 2.45) is 5.92 Å². The molecule has 17 heavy (non-hydrogen) atoms. The zero-order valence-electron chi connectivity index (χ0n) is 10.5. The van der Waals surface area contributed by atoms with Crippen molar-refractivity contribution >= 4 is 11.8 Å². The molecule has 0 saturated heterocycles. The number of hydrogen-bond acceptors (Lipinski definition) is 3. The summed E-state index contributed by atoms with van der Waals surface area (Å²) < 4.78 is 4.96. The van der Waals surface area contributed by atoms with Crippen molar-refractivity contribution in [1.82, 2.24) is 0 Å².